The first kappa shape index (κ1) is 25.7. The molecule has 1 aliphatic rings. The summed E-state index contributed by atoms with van der Waals surface area (Å²) in [5.74, 6) is -0.722. The lowest BCUT2D eigenvalue weighted by Gasteiger charge is -2.28. The van der Waals surface area contributed by atoms with Crippen molar-refractivity contribution >= 4 is 41.6 Å². The van der Waals surface area contributed by atoms with Crippen molar-refractivity contribution in [3.05, 3.63) is 46.9 Å². The van der Waals surface area contributed by atoms with Gasteiger partial charge in [-0.15, -0.1) is 0 Å². The maximum atomic E-state index is 13.0. The molecule has 1 aromatic heterocycles. The van der Waals surface area contributed by atoms with Gasteiger partial charge in [0, 0.05) is 23.7 Å². The highest BCUT2D eigenvalue weighted by Gasteiger charge is 2.35. The van der Waals surface area contributed by atoms with Crippen molar-refractivity contribution in [2.45, 2.75) is 39.7 Å². The number of imide groups is 2. The second-order valence-corrected chi connectivity index (χ2v) is 7.04. The third-order valence-electron chi connectivity index (χ3n) is 4.70. The van der Waals surface area contributed by atoms with Crippen molar-refractivity contribution in [2.75, 3.05) is 18.5 Å². The maximum absolute atomic E-state index is 13.0. The number of anilines is 1. The highest BCUT2D eigenvalue weighted by atomic mass is 35.5. The SMILES string of the molecule is CC.Cc1c(OCCNc2ccnc(Cl)n2)cccc1C(=O)N(C=O)C1CCC(=O)NC1=O. The molecule has 0 saturated carbocycles. The van der Waals surface area contributed by atoms with Crippen LogP contribution in [0.4, 0.5) is 5.82 Å². The molecule has 0 aliphatic carbocycles. The van der Waals surface area contributed by atoms with E-state index in [0.29, 0.717) is 30.1 Å². The normalized spacial score (nSPS) is 15.0. The molecular formula is C22H26ClN5O5. The molecule has 11 heteroatoms. The van der Waals surface area contributed by atoms with Gasteiger partial charge in [0.25, 0.3) is 5.91 Å². The number of hydrogen-bond donors (Lipinski definition) is 2. The first-order chi connectivity index (χ1) is 15.9. The zero-order valence-corrected chi connectivity index (χ0v) is 19.4. The molecule has 2 N–H and O–H groups in total. The van der Waals surface area contributed by atoms with Gasteiger partial charge in [-0.3, -0.25) is 29.4 Å². The number of carbonyl (C=O) groups is 4. The molecule has 0 radical (unpaired) electrons. The van der Waals surface area contributed by atoms with Crippen LogP contribution in [-0.4, -0.2) is 58.2 Å². The minimum atomic E-state index is -1.03. The fourth-order valence-corrected chi connectivity index (χ4v) is 3.27. The highest BCUT2D eigenvalue weighted by molar-refractivity contribution is 6.28. The van der Waals surface area contributed by atoms with E-state index < -0.39 is 23.8 Å². The summed E-state index contributed by atoms with van der Waals surface area (Å²) in [6.07, 6.45) is 1.98. The summed E-state index contributed by atoms with van der Waals surface area (Å²) in [7, 11) is 0. The fraction of sp³-hybridized carbons (Fsp3) is 0.364. The molecule has 1 aliphatic heterocycles. The zero-order valence-electron chi connectivity index (χ0n) is 18.6. The number of amides is 4. The molecule has 0 spiro atoms. The summed E-state index contributed by atoms with van der Waals surface area (Å²) in [6.45, 7) is 6.37. The Morgan fingerprint density at radius 3 is 2.76 bits per heavy atom. The van der Waals surface area contributed by atoms with Gasteiger partial charge in [-0.1, -0.05) is 19.9 Å². The van der Waals surface area contributed by atoms with Gasteiger partial charge >= 0.3 is 0 Å². The first-order valence-electron chi connectivity index (χ1n) is 10.5. The number of nitrogens with one attached hydrogen (secondary N) is 2. The van der Waals surface area contributed by atoms with E-state index >= 15 is 0 Å². The van der Waals surface area contributed by atoms with E-state index in [1.807, 2.05) is 13.8 Å². The van der Waals surface area contributed by atoms with Crippen molar-refractivity contribution in [1.29, 1.82) is 0 Å². The first-order valence-corrected chi connectivity index (χ1v) is 10.8. The Kier molecular flexibility index (Phi) is 9.74. The Morgan fingerprint density at radius 2 is 2.09 bits per heavy atom. The maximum Gasteiger partial charge on any atom is 0.261 e. The van der Waals surface area contributed by atoms with Crippen LogP contribution in [0.2, 0.25) is 5.28 Å². The standard InChI is InChI=1S/C20H20ClN5O5.C2H6/c1-12-13(19(30)26(11-27)14-5-6-17(28)25-18(14)29)3-2-4-15(12)31-10-9-22-16-7-8-23-20(21)24-16;1-2/h2-4,7-8,11,14H,5-6,9-10H2,1H3,(H,22,23,24)(H,25,28,29);1-2H3. The Bertz CT molecular complexity index is 1020. The smallest absolute Gasteiger partial charge is 0.261 e. The van der Waals surface area contributed by atoms with Gasteiger partial charge < -0.3 is 10.1 Å². The topological polar surface area (TPSA) is 131 Å². The lowest BCUT2D eigenvalue weighted by Crippen LogP contribution is -2.53. The van der Waals surface area contributed by atoms with E-state index in [2.05, 4.69) is 20.6 Å². The van der Waals surface area contributed by atoms with Gasteiger partial charge in [0.1, 0.15) is 24.2 Å². The monoisotopic (exact) mass is 475 g/mol. The van der Waals surface area contributed by atoms with E-state index in [0.717, 1.165) is 4.90 Å². The van der Waals surface area contributed by atoms with Gasteiger partial charge in [0.15, 0.2) is 0 Å². The third-order valence-corrected chi connectivity index (χ3v) is 4.88. The van der Waals surface area contributed by atoms with Crippen molar-refractivity contribution in [3.8, 4) is 5.75 Å². The lowest BCUT2D eigenvalue weighted by molar-refractivity contribution is -0.139. The molecule has 4 amide bonds. The number of carbonyl (C=O) groups excluding carboxylic acids is 4. The molecule has 2 heterocycles. The summed E-state index contributed by atoms with van der Waals surface area (Å²) < 4.78 is 5.75. The van der Waals surface area contributed by atoms with Crippen LogP contribution >= 0.6 is 11.6 Å². The number of nitrogens with zero attached hydrogens (tertiary/aromatic N) is 3. The van der Waals surface area contributed by atoms with Gasteiger partial charge in [0.05, 0.1) is 6.54 Å². The third kappa shape index (κ3) is 6.72. The predicted octanol–water partition coefficient (Wildman–Crippen LogP) is 2.36. The summed E-state index contributed by atoms with van der Waals surface area (Å²) in [5, 5.41) is 5.31. The average molecular weight is 476 g/mol. The van der Waals surface area contributed by atoms with Gasteiger partial charge in [0.2, 0.25) is 23.5 Å². The molecule has 1 atom stereocenters. The van der Waals surface area contributed by atoms with E-state index in [9.17, 15) is 19.2 Å². The summed E-state index contributed by atoms with van der Waals surface area (Å²) in [4.78, 5) is 56.6. The zero-order chi connectivity index (χ0) is 24.4. The van der Waals surface area contributed by atoms with Crippen molar-refractivity contribution in [1.82, 2.24) is 20.2 Å². The van der Waals surface area contributed by atoms with Crippen LogP contribution in [0, 0.1) is 6.92 Å². The summed E-state index contributed by atoms with van der Waals surface area (Å²) in [6, 6.07) is 5.51. The van der Waals surface area contributed by atoms with Crippen LogP contribution in [0.3, 0.4) is 0 Å². The Labute approximate surface area is 196 Å². The minimum absolute atomic E-state index is 0.0563. The van der Waals surface area contributed by atoms with E-state index in [-0.39, 0.29) is 30.3 Å². The van der Waals surface area contributed by atoms with Crippen molar-refractivity contribution in [3.63, 3.8) is 0 Å². The largest absolute Gasteiger partial charge is 0.491 e. The number of benzene rings is 1. The van der Waals surface area contributed by atoms with Crippen molar-refractivity contribution in [2.24, 2.45) is 0 Å². The Hall–Kier alpha value is -3.53. The predicted molar refractivity (Wildman–Crippen MR) is 122 cm³/mol. The van der Waals surface area contributed by atoms with E-state index in [1.165, 1.54) is 6.20 Å². The van der Waals surface area contributed by atoms with Crippen LogP contribution in [0.1, 0.15) is 42.6 Å². The average Bonchev–Trinajstić information content (AvgIpc) is 2.81. The molecule has 1 aromatic carbocycles. The molecule has 1 unspecified atom stereocenters. The van der Waals surface area contributed by atoms with E-state index in [1.54, 1.807) is 31.2 Å². The summed E-state index contributed by atoms with van der Waals surface area (Å²) >= 11 is 5.74. The number of piperidine rings is 1. The van der Waals surface area contributed by atoms with Crippen molar-refractivity contribution < 1.29 is 23.9 Å². The second-order valence-electron chi connectivity index (χ2n) is 6.70. The van der Waals surface area contributed by atoms with E-state index in [4.69, 9.17) is 16.3 Å². The van der Waals surface area contributed by atoms with Crippen LogP contribution in [-0.2, 0) is 14.4 Å². The second kappa shape index (κ2) is 12.5. The molecule has 1 saturated heterocycles. The lowest BCUT2D eigenvalue weighted by atomic mass is 10.0. The molecule has 3 rings (SSSR count). The Morgan fingerprint density at radius 1 is 1.33 bits per heavy atom. The van der Waals surface area contributed by atoms with Crippen LogP contribution < -0.4 is 15.4 Å². The molecule has 10 nitrogen and oxygen atoms in total. The molecular weight excluding hydrogens is 450 g/mol. The fourth-order valence-electron chi connectivity index (χ4n) is 3.13. The number of aromatic nitrogens is 2. The van der Waals surface area contributed by atoms with Gasteiger partial charge in [-0.05, 0) is 43.1 Å². The minimum Gasteiger partial charge on any atom is -0.491 e. The number of rotatable bonds is 8. The quantitative estimate of drug-likeness (QED) is 0.257. The highest BCUT2D eigenvalue weighted by Crippen LogP contribution is 2.24. The Balaban J connectivity index is 0.00000187. The molecule has 33 heavy (non-hydrogen) atoms. The van der Waals surface area contributed by atoms with Crippen LogP contribution in [0.25, 0.3) is 0 Å². The summed E-state index contributed by atoms with van der Waals surface area (Å²) in [5.41, 5.74) is 0.751. The number of hydrogen-bond acceptors (Lipinski definition) is 8. The molecule has 2 aromatic rings. The molecule has 176 valence electrons. The van der Waals surface area contributed by atoms with Gasteiger partial charge in [-0.25, -0.2) is 9.97 Å². The number of halogens is 1. The molecule has 1 fully saturated rings. The van der Waals surface area contributed by atoms with Crippen LogP contribution in [0.5, 0.6) is 5.75 Å². The number of ether oxygens (including phenoxy) is 1. The van der Waals surface area contributed by atoms with Crippen LogP contribution in [0.15, 0.2) is 30.5 Å². The van der Waals surface area contributed by atoms with Gasteiger partial charge in [-0.2, -0.15) is 0 Å². The molecule has 0 bridgehead atoms.